The summed E-state index contributed by atoms with van der Waals surface area (Å²) in [5, 5.41) is 4.72. The number of benzene rings is 1. The van der Waals surface area contributed by atoms with Crippen molar-refractivity contribution in [1.82, 2.24) is 15.2 Å². The third-order valence-electron chi connectivity index (χ3n) is 4.82. The minimum atomic E-state index is 0.678. The van der Waals surface area contributed by atoms with E-state index < -0.39 is 0 Å². The maximum Gasteiger partial charge on any atom is 0.0746 e. The first kappa shape index (κ1) is 14.5. The molecule has 0 spiro atoms. The second-order valence-electron chi connectivity index (χ2n) is 6.08. The number of hydrogen-bond acceptors (Lipinski definition) is 3. The van der Waals surface area contributed by atoms with Crippen molar-refractivity contribution in [3.8, 4) is 0 Å². The van der Waals surface area contributed by atoms with Crippen LogP contribution in [0.2, 0.25) is 0 Å². The predicted octanol–water partition coefficient (Wildman–Crippen LogP) is 3.05. The van der Waals surface area contributed by atoms with Crippen LogP contribution in [0, 0.1) is 5.92 Å². The second kappa shape index (κ2) is 6.54. The molecular weight excluding hydrogens is 258 g/mol. The smallest absolute Gasteiger partial charge is 0.0746 e. The van der Waals surface area contributed by atoms with E-state index in [1.807, 2.05) is 12.3 Å². The topological polar surface area (TPSA) is 28.2 Å². The average Bonchev–Trinajstić information content (AvgIpc) is 2.55. The highest BCUT2D eigenvalue weighted by Crippen LogP contribution is 2.23. The van der Waals surface area contributed by atoms with Crippen LogP contribution < -0.4 is 5.32 Å². The van der Waals surface area contributed by atoms with E-state index in [0.29, 0.717) is 6.04 Å². The molecule has 2 heterocycles. The highest BCUT2D eigenvalue weighted by molar-refractivity contribution is 5.81. The Labute approximate surface area is 127 Å². The van der Waals surface area contributed by atoms with Crippen molar-refractivity contribution in [2.75, 3.05) is 20.1 Å². The number of fused-ring (bicyclic) bond motifs is 1. The fraction of sp³-hybridized carbons (Fsp3) is 0.500. The van der Waals surface area contributed by atoms with E-state index in [0.717, 1.165) is 18.0 Å². The van der Waals surface area contributed by atoms with Gasteiger partial charge in [0.05, 0.1) is 5.52 Å². The number of nitrogens with one attached hydrogen (secondary N) is 1. The molecule has 3 rings (SSSR count). The monoisotopic (exact) mass is 283 g/mol. The molecule has 2 unspecified atom stereocenters. The van der Waals surface area contributed by atoms with Crippen LogP contribution in [-0.2, 0) is 6.54 Å². The van der Waals surface area contributed by atoms with E-state index in [2.05, 4.69) is 53.4 Å². The van der Waals surface area contributed by atoms with Crippen molar-refractivity contribution in [2.45, 2.75) is 32.4 Å². The molecule has 1 aromatic carbocycles. The van der Waals surface area contributed by atoms with E-state index in [9.17, 15) is 0 Å². The van der Waals surface area contributed by atoms with Crippen molar-refractivity contribution >= 4 is 10.9 Å². The van der Waals surface area contributed by atoms with Crippen molar-refractivity contribution in [3.63, 3.8) is 0 Å². The standard InChI is InChI=1S/C18H25N3/c1-3-14-12-21(11-9-17(14)19-2)13-16-7-4-6-15-8-5-10-20-18(15)16/h4-8,10,14,17,19H,3,9,11-13H2,1-2H3. The van der Waals surface area contributed by atoms with Crippen LogP contribution in [0.25, 0.3) is 10.9 Å². The molecule has 3 heteroatoms. The van der Waals surface area contributed by atoms with E-state index in [-0.39, 0.29) is 0 Å². The maximum atomic E-state index is 4.58. The number of nitrogens with zero attached hydrogens (tertiary/aromatic N) is 2. The summed E-state index contributed by atoms with van der Waals surface area (Å²) < 4.78 is 0. The lowest BCUT2D eigenvalue weighted by Gasteiger charge is -2.38. The highest BCUT2D eigenvalue weighted by Gasteiger charge is 2.26. The van der Waals surface area contributed by atoms with E-state index >= 15 is 0 Å². The first-order chi connectivity index (χ1) is 10.3. The minimum absolute atomic E-state index is 0.678. The van der Waals surface area contributed by atoms with E-state index in [1.54, 1.807) is 0 Å². The van der Waals surface area contributed by atoms with Gasteiger partial charge in [-0.25, -0.2) is 0 Å². The van der Waals surface area contributed by atoms with E-state index in [4.69, 9.17) is 0 Å². The lowest BCUT2D eigenvalue weighted by molar-refractivity contribution is 0.133. The van der Waals surface area contributed by atoms with Gasteiger partial charge in [0.25, 0.3) is 0 Å². The average molecular weight is 283 g/mol. The summed E-state index contributed by atoms with van der Waals surface area (Å²) in [6.45, 7) is 5.68. The molecule has 0 bridgehead atoms. The molecule has 1 aromatic heterocycles. The molecule has 2 aromatic rings. The Morgan fingerprint density at radius 1 is 1.29 bits per heavy atom. The van der Waals surface area contributed by atoms with Crippen molar-refractivity contribution in [3.05, 3.63) is 42.1 Å². The van der Waals surface area contributed by atoms with Crippen LogP contribution in [0.3, 0.4) is 0 Å². The summed E-state index contributed by atoms with van der Waals surface area (Å²) in [5.74, 6) is 0.756. The molecule has 1 N–H and O–H groups in total. The Hall–Kier alpha value is -1.45. The van der Waals surface area contributed by atoms with Crippen LogP contribution in [-0.4, -0.2) is 36.1 Å². The largest absolute Gasteiger partial charge is 0.317 e. The molecule has 3 nitrogen and oxygen atoms in total. The molecule has 2 atom stereocenters. The molecule has 0 amide bonds. The van der Waals surface area contributed by atoms with Gasteiger partial charge >= 0.3 is 0 Å². The molecule has 0 aliphatic carbocycles. The summed E-state index contributed by atoms with van der Waals surface area (Å²) in [5.41, 5.74) is 2.51. The van der Waals surface area contributed by atoms with Crippen molar-refractivity contribution in [2.24, 2.45) is 5.92 Å². The summed E-state index contributed by atoms with van der Waals surface area (Å²) >= 11 is 0. The molecule has 0 saturated carbocycles. The number of para-hydroxylation sites is 1. The van der Waals surface area contributed by atoms with Crippen molar-refractivity contribution < 1.29 is 0 Å². The summed E-state index contributed by atoms with van der Waals surface area (Å²) in [7, 11) is 2.09. The lowest BCUT2D eigenvalue weighted by atomic mass is 9.90. The Kier molecular flexibility index (Phi) is 4.51. The number of hydrogen-bond donors (Lipinski definition) is 1. The Balaban J connectivity index is 1.77. The van der Waals surface area contributed by atoms with Gasteiger partial charge in [0.2, 0.25) is 0 Å². The van der Waals surface area contributed by atoms with Gasteiger partial charge in [-0.2, -0.15) is 0 Å². The van der Waals surface area contributed by atoms with Gasteiger partial charge in [-0.05, 0) is 37.6 Å². The lowest BCUT2D eigenvalue weighted by Crippen LogP contribution is -2.47. The van der Waals surface area contributed by atoms with Gasteiger partial charge in [-0.15, -0.1) is 0 Å². The third kappa shape index (κ3) is 3.09. The molecule has 1 fully saturated rings. The molecule has 1 saturated heterocycles. The Morgan fingerprint density at radius 3 is 2.95 bits per heavy atom. The molecule has 1 aliphatic heterocycles. The minimum Gasteiger partial charge on any atom is -0.317 e. The Morgan fingerprint density at radius 2 is 2.14 bits per heavy atom. The number of aromatic nitrogens is 1. The van der Waals surface area contributed by atoms with Gasteiger partial charge in [0, 0.05) is 30.7 Å². The van der Waals surface area contributed by atoms with Crippen LogP contribution in [0.4, 0.5) is 0 Å². The summed E-state index contributed by atoms with van der Waals surface area (Å²) in [6.07, 6.45) is 4.39. The predicted molar refractivity (Wildman–Crippen MR) is 88.3 cm³/mol. The van der Waals surface area contributed by atoms with Crippen molar-refractivity contribution in [1.29, 1.82) is 0 Å². The number of rotatable bonds is 4. The molecular formula is C18H25N3. The van der Waals surface area contributed by atoms with Gasteiger partial charge in [0.15, 0.2) is 0 Å². The van der Waals surface area contributed by atoms with Crippen LogP contribution in [0.1, 0.15) is 25.3 Å². The number of pyridine rings is 1. The SMILES string of the molecule is CCC1CN(Cc2cccc3cccnc23)CCC1NC. The number of piperidine rings is 1. The zero-order chi connectivity index (χ0) is 14.7. The third-order valence-corrected chi connectivity index (χ3v) is 4.82. The van der Waals surface area contributed by atoms with Gasteiger partial charge in [-0.3, -0.25) is 9.88 Å². The normalized spacial score (nSPS) is 23.5. The summed E-state index contributed by atoms with van der Waals surface area (Å²) in [6, 6.07) is 11.4. The van der Waals surface area contributed by atoms with Crippen LogP contribution in [0.5, 0.6) is 0 Å². The fourth-order valence-electron chi connectivity index (χ4n) is 3.58. The van der Waals surface area contributed by atoms with Gasteiger partial charge < -0.3 is 5.32 Å². The zero-order valence-electron chi connectivity index (χ0n) is 13.0. The summed E-state index contributed by atoms with van der Waals surface area (Å²) in [4.78, 5) is 7.17. The maximum absolute atomic E-state index is 4.58. The molecule has 1 aliphatic rings. The van der Waals surface area contributed by atoms with Gasteiger partial charge in [-0.1, -0.05) is 37.6 Å². The first-order valence-electron chi connectivity index (χ1n) is 8.04. The first-order valence-corrected chi connectivity index (χ1v) is 8.04. The second-order valence-corrected chi connectivity index (χ2v) is 6.08. The fourth-order valence-corrected chi connectivity index (χ4v) is 3.58. The quantitative estimate of drug-likeness (QED) is 0.935. The van der Waals surface area contributed by atoms with Gasteiger partial charge in [0.1, 0.15) is 0 Å². The molecule has 21 heavy (non-hydrogen) atoms. The van der Waals surface area contributed by atoms with Crippen LogP contribution >= 0.6 is 0 Å². The molecule has 0 radical (unpaired) electrons. The molecule has 112 valence electrons. The highest BCUT2D eigenvalue weighted by atomic mass is 15.1. The number of likely N-dealkylation sites (tertiary alicyclic amines) is 1. The Bertz CT molecular complexity index is 591. The zero-order valence-corrected chi connectivity index (χ0v) is 13.0. The van der Waals surface area contributed by atoms with Crippen LogP contribution in [0.15, 0.2) is 36.5 Å². The van der Waals surface area contributed by atoms with E-state index in [1.165, 1.54) is 36.9 Å².